The minimum atomic E-state index is -0.853. The van der Waals surface area contributed by atoms with Crippen molar-refractivity contribution < 1.29 is 19.8 Å². The fraction of sp³-hybridized carbons (Fsp3) is 0.933. The Morgan fingerprint density at radius 3 is 2.42 bits per heavy atom. The number of amides is 1. The number of nitrogens with one attached hydrogen (secondary N) is 2. The molecule has 0 spiro atoms. The van der Waals surface area contributed by atoms with Gasteiger partial charge in [-0.15, -0.1) is 0 Å². The standard InChI is InChI=1S/C30H52N2O4/c1-18(6-9-26(34)32-17-21(31-5)16-27(35)36)23-7-8-24-28-19(2)14-20-15-22(33)10-12-29(20,3)25(28)11-13-30(23,24)4/h18-25,28,31,33H,6-17H2,1-5H3,(H,32,34)(H,35,36)/t18-,19?,20-,21?,22-,23?,24?,25?,28+,29?,30?/m1/s1. The van der Waals surface area contributed by atoms with Crippen molar-refractivity contribution in [2.75, 3.05) is 13.6 Å². The number of hydrogen-bond acceptors (Lipinski definition) is 4. The number of aliphatic carboxylic acids is 1. The number of carboxylic acid groups (broad SMARTS) is 1. The molecule has 0 bridgehead atoms. The van der Waals surface area contributed by atoms with E-state index in [1.807, 2.05) is 0 Å². The van der Waals surface area contributed by atoms with Crippen LogP contribution in [0.25, 0.3) is 0 Å². The lowest BCUT2D eigenvalue weighted by molar-refractivity contribution is -0.150. The molecule has 4 fully saturated rings. The fourth-order valence-corrected chi connectivity index (χ4v) is 9.96. The maximum absolute atomic E-state index is 12.6. The maximum Gasteiger partial charge on any atom is 0.304 e. The van der Waals surface area contributed by atoms with Gasteiger partial charge in [-0.25, -0.2) is 0 Å². The second-order valence-corrected chi connectivity index (χ2v) is 13.8. The third-order valence-electron chi connectivity index (χ3n) is 12.0. The summed E-state index contributed by atoms with van der Waals surface area (Å²) < 4.78 is 0. The van der Waals surface area contributed by atoms with Crippen molar-refractivity contribution in [3.8, 4) is 0 Å². The zero-order chi connectivity index (χ0) is 26.3. The van der Waals surface area contributed by atoms with Gasteiger partial charge in [0.25, 0.3) is 0 Å². The normalized spacial score (nSPS) is 43.6. The lowest BCUT2D eigenvalue weighted by Gasteiger charge is -2.63. The van der Waals surface area contributed by atoms with Crippen LogP contribution in [0.15, 0.2) is 0 Å². The minimum absolute atomic E-state index is 0.00988. The topological polar surface area (TPSA) is 98.7 Å². The van der Waals surface area contributed by atoms with Gasteiger partial charge in [-0.3, -0.25) is 9.59 Å². The molecular weight excluding hydrogens is 452 g/mol. The van der Waals surface area contributed by atoms with Gasteiger partial charge in [0.05, 0.1) is 12.5 Å². The number of hydrogen-bond donors (Lipinski definition) is 4. The van der Waals surface area contributed by atoms with Crippen LogP contribution in [0.3, 0.4) is 0 Å². The van der Waals surface area contributed by atoms with Crippen molar-refractivity contribution in [1.82, 2.24) is 10.6 Å². The van der Waals surface area contributed by atoms with Gasteiger partial charge in [-0.05, 0) is 117 Å². The van der Waals surface area contributed by atoms with Crippen molar-refractivity contribution in [1.29, 1.82) is 0 Å². The van der Waals surface area contributed by atoms with Crippen LogP contribution in [0.4, 0.5) is 0 Å². The Labute approximate surface area is 218 Å². The first-order valence-electron chi connectivity index (χ1n) is 14.8. The molecule has 206 valence electrons. The first kappa shape index (κ1) is 27.9. The molecule has 4 aliphatic carbocycles. The highest BCUT2D eigenvalue weighted by Crippen LogP contribution is 2.69. The molecule has 6 heteroatoms. The molecule has 11 atom stereocenters. The van der Waals surface area contributed by atoms with Crippen LogP contribution in [0.2, 0.25) is 0 Å². The molecule has 0 heterocycles. The van der Waals surface area contributed by atoms with Crippen molar-refractivity contribution in [3.63, 3.8) is 0 Å². The molecule has 6 nitrogen and oxygen atoms in total. The van der Waals surface area contributed by atoms with Gasteiger partial charge in [0.2, 0.25) is 5.91 Å². The van der Waals surface area contributed by atoms with Crippen LogP contribution < -0.4 is 10.6 Å². The average molecular weight is 505 g/mol. The van der Waals surface area contributed by atoms with Gasteiger partial charge in [0.15, 0.2) is 0 Å². The van der Waals surface area contributed by atoms with Gasteiger partial charge < -0.3 is 20.8 Å². The van der Waals surface area contributed by atoms with Crippen molar-refractivity contribution in [2.24, 2.45) is 52.3 Å². The van der Waals surface area contributed by atoms with E-state index in [2.05, 4.69) is 38.3 Å². The zero-order valence-electron chi connectivity index (χ0n) is 23.4. The molecule has 0 radical (unpaired) electrons. The molecule has 4 rings (SSSR count). The SMILES string of the molecule is CNC(CNC(=O)CC[C@@H](C)C1CCC2[C@@H]3C(C)C[C@@H]4C[C@H](O)CCC4(C)C3CCC21C)CC(=O)O. The maximum atomic E-state index is 12.6. The number of rotatable bonds is 9. The Morgan fingerprint density at radius 1 is 1.03 bits per heavy atom. The summed E-state index contributed by atoms with van der Waals surface area (Å²) in [5, 5.41) is 25.3. The Morgan fingerprint density at radius 2 is 1.72 bits per heavy atom. The molecule has 0 aromatic heterocycles. The number of fused-ring (bicyclic) bond motifs is 5. The largest absolute Gasteiger partial charge is 0.481 e. The van der Waals surface area contributed by atoms with Crippen LogP contribution >= 0.6 is 0 Å². The Hall–Kier alpha value is -1.14. The quantitative estimate of drug-likeness (QED) is 0.360. The predicted octanol–water partition coefficient (Wildman–Crippen LogP) is 4.85. The highest BCUT2D eigenvalue weighted by Gasteiger charge is 2.62. The molecule has 4 aliphatic rings. The third-order valence-corrected chi connectivity index (χ3v) is 12.0. The van der Waals surface area contributed by atoms with Crippen molar-refractivity contribution in [3.05, 3.63) is 0 Å². The van der Waals surface area contributed by atoms with Gasteiger partial charge in [0, 0.05) is 19.0 Å². The van der Waals surface area contributed by atoms with E-state index in [4.69, 9.17) is 5.11 Å². The van der Waals surface area contributed by atoms with Crippen molar-refractivity contribution in [2.45, 2.75) is 110 Å². The summed E-state index contributed by atoms with van der Waals surface area (Å²) in [4.78, 5) is 23.5. The molecule has 0 aromatic rings. The van der Waals surface area contributed by atoms with Gasteiger partial charge in [0.1, 0.15) is 0 Å². The van der Waals surface area contributed by atoms with E-state index in [0.29, 0.717) is 41.5 Å². The van der Waals surface area contributed by atoms with Crippen LogP contribution in [-0.2, 0) is 9.59 Å². The first-order chi connectivity index (χ1) is 17.0. The number of carbonyl (C=O) groups is 2. The van der Waals surface area contributed by atoms with E-state index in [-0.39, 0.29) is 24.5 Å². The molecule has 7 unspecified atom stereocenters. The van der Waals surface area contributed by atoms with Gasteiger partial charge in [-0.2, -0.15) is 0 Å². The summed E-state index contributed by atoms with van der Waals surface area (Å²) in [6.07, 6.45) is 11.1. The highest BCUT2D eigenvalue weighted by atomic mass is 16.4. The first-order valence-corrected chi connectivity index (χ1v) is 14.8. The number of aliphatic hydroxyl groups is 1. The summed E-state index contributed by atoms with van der Waals surface area (Å²) in [5.41, 5.74) is 0.785. The average Bonchev–Trinajstić information content (AvgIpc) is 3.18. The lowest BCUT2D eigenvalue weighted by Crippen LogP contribution is -2.56. The fourth-order valence-electron chi connectivity index (χ4n) is 9.96. The Bertz CT molecular complexity index is 804. The smallest absolute Gasteiger partial charge is 0.304 e. The minimum Gasteiger partial charge on any atom is -0.481 e. The molecule has 4 N–H and O–H groups in total. The Kier molecular flexibility index (Phi) is 8.46. The second kappa shape index (κ2) is 10.9. The summed E-state index contributed by atoms with van der Waals surface area (Å²) in [6.45, 7) is 10.4. The van der Waals surface area contributed by atoms with E-state index in [1.165, 1.54) is 38.5 Å². The van der Waals surface area contributed by atoms with Crippen LogP contribution in [0.5, 0.6) is 0 Å². The number of likely N-dealkylation sites (N-methyl/N-ethyl adjacent to an activating group) is 1. The summed E-state index contributed by atoms with van der Waals surface area (Å²) in [7, 11) is 1.74. The second-order valence-electron chi connectivity index (χ2n) is 13.8. The Balaban J connectivity index is 1.35. The summed E-state index contributed by atoms with van der Waals surface area (Å²) in [5.74, 6) is 4.24. The summed E-state index contributed by atoms with van der Waals surface area (Å²) in [6, 6.07) is -0.236. The highest BCUT2D eigenvalue weighted by molar-refractivity contribution is 5.76. The van der Waals surface area contributed by atoms with Crippen molar-refractivity contribution >= 4 is 11.9 Å². The molecular formula is C30H52N2O4. The predicted molar refractivity (Wildman–Crippen MR) is 142 cm³/mol. The number of carbonyl (C=O) groups excluding carboxylic acids is 1. The lowest BCUT2D eigenvalue weighted by atomic mass is 9.42. The zero-order valence-corrected chi connectivity index (χ0v) is 23.4. The molecule has 0 saturated heterocycles. The molecule has 0 aliphatic heterocycles. The molecule has 4 saturated carbocycles. The monoisotopic (exact) mass is 504 g/mol. The molecule has 1 amide bonds. The van der Waals surface area contributed by atoms with E-state index >= 15 is 0 Å². The molecule has 36 heavy (non-hydrogen) atoms. The number of carboxylic acids is 1. The number of aliphatic hydroxyl groups excluding tert-OH is 1. The molecule has 0 aromatic carbocycles. The van der Waals surface area contributed by atoms with Crippen LogP contribution in [-0.4, -0.2) is 47.8 Å². The van der Waals surface area contributed by atoms with E-state index in [0.717, 1.165) is 42.9 Å². The van der Waals surface area contributed by atoms with Crippen LogP contribution in [0, 0.1) is 52.3 Å². The van der Waals surface area contributed by atoms with E-state index < -0.39 is 5.97 Å². The van der Waals surface area contributed by atoms with E-state index in [1.54, 1.807) is 7.05 Å². The summed E-state index contributed by atoms with van der Waals surface area (Å²) >= 11 is 0. The van der Waals surface area contributed by atoms with Crippen LogP contribution in [0.1, 0.15) is 98.3 Å². The van der Waals surface area contributed by atoms with E-state index in [9.17, 15) is 14.7 Å². The van der Waals surface area contributed by atoms with Gasteiger partial charge >= 0.3 is 5.97 Å². The third kappa shape index (κ3) is 5.23. The van der Waals surface area contributed by atoms with Gasteiger partial charge in [-0.1, -0.05) is 27.7 Å².